The molecule has 1 heterocycles. The van der Waals surface area contributed by atoms with Gasteiger partial charge >= 0.3 is 0 Å². The molecule has 0 bridgehead atoms. The van der Waals surface area contributed by atoms with Gasteiger partial charge in [0, 0.05) is 31.9 Å². The number of carbonyl (C=O) groups excluding carboxylic acids is 1. The lowest BCUT2D eigenvalue weighted by Gasteiger charge is -2.18. The Hall–Kier alpha value is -1.89. The summed E-state index contributed by atoms with van der Waals surface area (Å²) in [6, 6.07) is 9.42. The average molecular weight is 334 g/mol. The van der Waals surface area contributed by atoms with Gasteiger partial charge in [-0.1, -0.05) is 6.07 Å². The molecular formula is C17H22N2O3S. The van der Waals surface area contributed by atoms with Gasteiger partial charge in [0.2, 0.25) is 0 Å². The maximum absolute atomic E-state index is 12.3. The summed E-state index contributed by atoms with van der Waals surface area (Å²) in [5.41, 5.74) is 2.59. The summed E-state index contributed by atoms with van der Waals surface area (Å²) in [5.74, 6) is -0.137. The van der Waals surface area contributed by atoms with Gasteiger partial charge in [-0.25, -0.2) is 0 Å². The Bertz CT molecular complexity index is 614. The standard InChI is InChI=1S/C17H22N2O3S/c1-19(2)15-5-3-4-13(10-15)17(21)18-11-16(22-8-7-20)14-6-9-23-12-14/h3-6,9-10,12,16,20H,7-8,11H2,1-2H3,(H,18,21). The number of aliphatic hydroxyl groups is 1. The van der Waals surface area contributed by atoms with Crippen LogP contribution in [-0.2, 0) is 4.74 Å². The van der Waals surface area contributed by atoms with Crippen LogP contribution in [0.5, 0.6) is 0 Å². The lowest BCUT2D eigenvalue weighted by atomic mass is 10.1. The molecule has 1 atom stereocenters. The van der Waals surface area contributed by atoms with E-state index in [0.717, 1.165) is 11.3 Å². The highest BCUT2D eigenvalue weighted by atomic mass is 32.1. The smallest absolute Gasteiger partial charge is 0.251 e. The quantitative estimate of drug-likeness (QED) is 0.778. The van der Waals surface area contributed by atoms with Crippen LogP contribution in [0.3, 0.4) is 0 Å². The van der Waals surface area contributed by atoms with Crippen LogP contribution in [0.1, 0.15) is 22.0 Å². The predicted molar refractivity (Wildman–Crippen MR) is 93.2 cm³/mol. The first kappa shape index (κ1) is 17.5. The zero-order valence-electron chi connectivity index (χ0n) is 13.4. The number of benzene rings is 1. The monoisotopic (exact) mass is 334 g/mol. The van der Waals surface area contributed by atoms with Crippen molar-refractivity contribution in [3.63, 3.8) is 0 Å². The molecular weight excluding hydrogens is 312 g/mol. The average Bonchev–Trinajstić information content (AvgIpc) is 3.09. The zero-order chi connectivity index (χ0) is 16.7. The van der Waals surface area contributed by atoms with Crippen molar-refractivity contribution in [2.45, 2.75) is 6.10 Å². The Kier molecular flexibility index (Phi) is 6.58. The summed E-state index contributed by atoms with van der Waals surface area (Å²) in [6.45, 7) is 0.563. The Labute approximate surface area is 140 Å². The van der Waals surface area contributed by atoms with Crippen molar-refractivity contribution in [1.29, 1.82) is 0 Å². The molecule has 0 radical (unpaired) electrons. The van der Waals surface area contributed by atoms with Crippen molar-refractivity contribution < 1.29 is 14.6 Å². The Morgan fingerprint density at radius 1 is 1.39 bits per heavy atom. The molecule has 0 aliphatic heterocycles. The van der Waals surface area contributed by atoms with E-state index in [-0.39, 0.29) is 25.2 Å². The van der Waals surface area contributed by atoms with Crippen LogP contribution >= 0.6 is 11.3 Å². The Morgan fingerprint density at radius 2 is 2.22 bits per heavy atom. The molecule has 0 fully saturated rings. The fourth-order valence-corrected chi connectivity index (χ4v) is 2.84. The molecule has 0 saturated carbocycles. The molecule has 6 heteroatoms. The molecule has 1 amide bonds. The second-order valence-corrected chi connectivity index (χ2v) is 6.07. The lowest BCUT2D eigenvalue weighted by Crippen LogP contribution is -2.30. The summed E-state index contributed by atoms with van der Waals surface area (Å²) in [4.78, 5) is 14.3. The van der Waals surface area contributed by atoms with Gasteiger partial charge in [-0.3, -0.25) is 4.79 Å². The Balaban J connectivity index is 1.99. The number of anilines is 1. The molecule has 5 nitrogen and oxygen atoms in total. The summed E-state index contributed by atoms with van der Waals surface area (Å²) < 4.78 is 5.62. The van der Waals surface area contributed by atoms with E-state index in [0.29, 0.717) is 12.1 Å². The minimum Gasteiger partial charge on any atom is -0.394 e. The van der Waals surface area contributed by atoms with Gasteiger partial charge in [0.1, 0.15) is 6.10 Å². The van der Waals surface area contributed by atoms with Crippen molar-refractivity contribution in [2.75, 3.05) is 38.8 Å². The van der Waals surface area contributed by atoms with Gasteiger partial charge in [0.05, 0.1) is 13.2 Å². The highest BCUT2D eigenvalue weighted by molar-refractivity contribution is 7.07. The third kappa shape index (κ3) is 5.06. The van der Waals surface area contributed by atoms with Crippen LogP contribution in [0.4, 0.5) is 5.69 Å². The number of aliphatic hydroxyl groups excluding tert-OH is 1. The van der Waals surface area contributed by atoms with Crippen molar-refractivity contribution in [3.05, 3.63) is 52.2 Å². The van der Waals surface area contributed by atoms with Gasteiger partial charge in [0.25, 0.3) is 5.91 Å². The molecule has 1 unspecified atom stereocenters. The van der Waals surface area contributed by atoms with Crippen molar-refractivity contribution in [3.8, 4) is 0 Å². The summed E-state index contributed by atoms with van der Waals surface area (Å²) in [7, 11) is 3.87. The normalized spacial score (nSPS) is 12.0. The second kappa shape index (κ2) is 8.67. The number of ether oxygens (including phenoxy) is 1. The van der Waals surface area contributed by atoms with Crippen molar-refractivity contribution >= 4 is 22.9 Å². The molecule has 0 saturated heterocycles. The van der Waals surface area contributed by atoms with E-state index < -0.39 is 0 Å². The molecule has 2 N–H and O–H groups in total. The van der Waals surface area contributed by atoms with Gasteiger partial charge in [-0.2, -0.15) is 11.3 Å². The first-order valence-corrected chi connectivity index (χ1v) is 8.36. The SMILES string of the molecule is CN(C)c1cccc(C(=O)NCC(OCCO)c2ccsc2)c1. The largest absolute Gasteiger partial charge is 0.394 e. The maximum atomic E-state index is 12.3. The fraction of sp³-hybridized carbons (Fsp3) is 0.353. The number of amides is 1. The van der Waals surface area contributed by atoms with Gasteiger partial charge in [-0.05, 0) is 40.6 Å². The van der Waals surface area contributed by atoms with Crippen LogP contribution < -0.4 is 10.2 Å². The minimum absolute atomic E-state index is 0.0422. The van der Waals surface area contributed by atoms with Crippen LogP contribution in [0.2, 0.25) is 0 Å². The van der Waals surface area contributed by atoms with E-state index in [9.17, 15) is 4.79 Å². The van der Waals surface area contributed by atoms with Gasteiger partial charge in [0.15, 0.2) is 0 Å². The molecule has 1 aromatic carbocycles. The lowest BCUT2D eigenvalue weighted by molar-refractivity contribution is 0.0279. The van der Waals surface area contributed by atoms with E-state index >= 15 is 0 Å². The van der Waals surface area contributed by atoms with Gasteiger partial charge in [-0.15, -0.1) is 0 Å². The third-order valence-corrected chi connectivity index (χ3v) is 4.10. The fourth-order valence-electron chi connectivity index (χ4n) is 2.14. The molecule has 2 rings (SSSR count). The molecule has 124 valence electrons. The zero-order valence-corrected chi connectivity index (χ0v) is 14.2. The number of rotatable bonds is 8. The van der Waals surface area contributed by atoms with Crippen LogP contribution in [0, 0.1) is 0 Å². The summed E-state index contributed by atoms with van der Waals surface area (Å²) >= 11 is 1.58. The number of hydrogen-bond donors (Lipinski definition) is 2. The maximum Gasteiger partial charge on any atom is 0.251 e. The predicted octanol–water partition coefficient (Wildman–Crippen LogP) is 2.29. The second-order valence-electron chi connectivity index (χ2n) is 5.29. The Morgan fingerprint density at radius 3 is 2.87 bits per heavy atom. The van der Waals surface area contributed by atoms with Crippen molar-refractivity contribution in [2.24, 2.45) is 0 Å². The number of hydrogen-bond acceptors (Lipinski definition) is 5. The van der Waals surface area contributed by atoms with E-state index in [1.165, 1.54) is 0 Å². The number of nitrogens with zero attached hydrogens (tertiary/aromatic N) is 1. The molecule has 2 aromatic rings. The highest BCUT2D eigenvalue weighted by Crippen LogP contribution is 2.20. The van der Waals surface area contributed by atoms with Gasteiger partial charge < -0.3 is 20.1 Å². The van der Waals surface area contributed by atoms with Crippen molar-refractivity contribution in [1.82, 2.24) is 5.32 Å². The van der Waals surface area contributed by atoms with E-state index in [1.54, 1.807) is 17.4 Å². The molecule has 0 spiro atoms. The minimum atomic E-state index is -0.255. The number of carbonyl (C=O) groups is 1. The topological polar surface area (TPSA) is 61.8 Å². The first-order valence-electron chi connectivity index (χ1n) is 7.42. The van der Waals surface area contributed by atoms with E-state index in [1.807, 2.05) is 54.0 Å². The molecule has 0 aliphatic rings. The number of nitrogens with one attached hydrogen (secondary N) is 1. The molecule has 23 heavy (non-hydrogen) atoms. The van der Waals surface area contributed by atoms with Crippen LogP contribution in [0.25, 0.3) is 0 Å². The summed E-state index contributed by atoms with van der Waals surface area (Å²) in [6.07, 6.45) is -0.255. The highest BCUT2D eigenvalue weighted by Gasteiger charge is 2.15. The summed E-state index contributed by atoms with van der Waals surface area (Å²) in [5, 5.41) is 15.8. The van der Waals surface area contributed by atoms with Crippen LogP contribution in [-0.4, -0.2) is 44.9 Å². The van der Waals surface area contributed by atoms with E-state index in [4.69, 9.17) is 9.84 Å². The molecule has 1 aromatic heterocycles. The van der Waals surface area contributed by atoms with Crippen LogP contribution in [0.15, 0.2) is 41.1 Å². The first-order chi connectivity index (χ1) is 11.1. The third-order valence-electron chi connectivity index (χ3n) is 3.40. The van der Waals surface area contributed by atoms with E-state index in [2.05, 4.69) is 5.32 Å². The number of thiophene rings is 1. The molecule has 0 aliphatic carbocycles.